The van der Waals surface area contributed by atoms with Crippen LogP contribution in [-0.4, -0.2) is 11.1 Å². The summed E-state index contributed by atoms with van der Waals surface area (Å²) in [6.07, 6.45) is 0. The van der Waals surface area contributed by atoms with Crippen LogP contribution < -0.4 is 5.32 Å². The Balaban J connectivity index is 2.07. The largest absolute Gasteiger partial charge is 0.444 e. The first-order chi connectivity index (χ1) is 8.06. The first-order valence-electron chi connectivity index (χ1n) is 5.09. The predicted molar refractivity (Wildman–Crippen MR) is 65.0 cm³/mol. The molecule has 2 heterocycles. The average Bonchev–Trinajstić information content (AvgIpc) is 2.86. The van der Waals surface area contributed by atoms with Gasteiger partial charge in [0.05, 0.1) is 5.69 Å². The molecule has 2 rings (SSSR count). The van der Waals surface area contributed by atoms with Crippen LogP contribution in [0, 0.1) is 0 Å². The molecule has 0 atom stereocenters. The lowest BCUT2D eigenvalue weighted by Crippen LogP contribution is -2.10. The van der Waals surface area contributed by atoms with Gasteiger partial charge in [-0.2, -0.15) is 0 Å². The van der Waals surface area contributed by atoms with E-state index in [1.54, 1.807) is 18.2 Å². The van der Waals surface area contributed by atoms with Crippen LogP contribution >= 0.6 is 15.9 Å². The molecule has 0 spiro atoms. The van der Waals surface area contributed by atoms with Crippen LogP contribution in [0.15, 0.2) is 31.8 Å². The van der Waals surface area contributed by atoms with E-state index in [9.17, 15) is 4.79 Å². The highest BCUT2D eigenvalue weighted by molar-refractivity contribution is 9.10. The summed E-state index contributed by atoms with van der Waals surface area (Å²) in [6.45, 7) is 3.99. The van der Waals surface area contributed by atoms with E-state index >= 15 is 0 Å². The fourth-order valence-electron chi connectivity index (χ4n) is 1.23. The quantitative estimate of drug-likeness (QED) is 0.943. The second kappa shape index (κ2) is 4.75. The zero-order chi connectivity index (χ0) is 12.4. The Morgan fingerprint density at radius 3 is 2.76 bits per heavy atom. The maximum Gasteiger partial charge on any atom is 0.293 e. The van der Waals surface area contributed by atoms with Gasteiger partial charge in [-0.15, -0.1) is 0 Å². The van der Waals surface area contributed by atoms with Crippen molar-refractivity contribution in [1.29, 1.82) is 0 Å². The molecule has 6 heteroatoms. The van der Waals surface area contributed by atoms with Crippen molar-refractivity contribution in [3.63, 3.8) is 0 Å². The number of hydrogen-bond donors (Lipinski definition) is 1. The molecule has 2 aromatic rings. The van der Waals surface area contributed by atoms with E-state index in [2.05, 4.69) is 26.4 Å². The lowest BCUT2D eigenvalue weighted by atomic mass is 10.1. The van der Waals surface area contributed by atoms with Crippen molar-refractivity contribution < 1.29 is 13.7 Å². The summed E-state index contributed by atoms with van der Waals surface area (Å²) in [5, 5.41) is 6.40. The van der Waals surface area contributed by atoms with Crippen LogP contribution in [0.2, 0.25) is 0 Å². The minimum Gasteiger partial charge on any atom is -0.444 e. The molecule has 5 nitrogen and oxygen atoms in total. The third kappa shape index (κ3) is 2.76. The molecule has 2 aromatic heterocycles. The van der Waals surface area contributed by atoms with Gasteiger partial charge in [-0.3, -0.25) is 10.1 Å². The third-order valence-corrected chi connectivity index (χ3v) is 2.58. The normalized spacial score (nSPS) is 10.8. The second-order valence-electron chi connectivity index (χ2n) is 3.83. The van der Waals surface area contributed by atoms with Gasteiger partial charge < -0.3 is 8.94 Å². The van der Waals surface area contributed by atoms with Crippen molar-refractivity contribution >= 4 is 27.7 Å². The molecule has 1 N–H and O–H groups in total. The Kier molecular flexibility index (Phi) is 3.33. The van der Waals surface area contributed by atoms with Crippen molar-refractivity contribution in [1.82, 2.24) is 5.16 Å². The third-order valence-electron chi connectivity index (χ3n) is 2.15. The van der Waals surface area contributed by atoms with E-state index in [0.29, 0.717) is 10.6 Å². The zero-order valence-corrected chi connectivity index (χ0v) is 10.9. The highest BCUT2D eigenvalue weighted by atomic mass is 79.9. The van der Waals surface area contributed by atoms with Crippen molar-refractivity contribution in [3.8, 4) is 0 Å². The summed E-state index contributed by atoms with van der Waals surface area (Å²) >= 11 is 3.13. The van der Waals surface area contributed by atoms with Gasteiger partial charge in [-0.1, -0.05) is 19.0 Å². The summed E-state index contributed by atoms with van der Waals surface area (Å²) in [4.78, 5) is 11.7. The van der Waals surface area contributed by atoms with Crippen LogP contribution in [0.5, 0.6) is 0 Å². The van der Waals surface area contributed by atoms with Crippen LogP contribution in [0.4, 0.5) is 5.88 Å². The summed E-state index contributed by atoms with van der Waals surface area (Å²) in [7, 11) is 0. The lowest BCUT2D eigenvalue weighted by molar-refractivity contribution is 0.0992. The molecule has 1 amide bonds. The fourth-order valence-corrected chi connectivity index (χ4v) is 1.54. The SMILES string of the molecule is CC(C)c1cc(NC(=O)c2ccc(Br)o2)on1. The molecule has 0 unspecified atom stereocenters. The van der Waals surface area contributed by atoms with Gasteiger partial charge in [0.2, 0.25) is 5.88 Å². The van der Waals surface area contributed by atoms with E-state index in [1.165, 1.54) is 0 Å². The van der Waals surface area contributed by atoms with Gasteiger partial charge in [0.1, 0.15) is 0 Å². The Bertz CT molecular complexity index is 530. The Hall–Kier alpha value is -1.56. The molecule has 0 saturated carbocycles. The first kappa shape index (κ1) is 11.9. The maximum absolute atomic E-state index is 11.7. The van der Waals surface area contributed by atoms with Crippen LogP contribution in [0.1, 0.15) is 36.0 Å². The summed E-state index contributed by atoms with van der Waals surface area (Å²) in [6, 6.07) is 4.91. The molecule has 0 bridgehead atoms. The topological polar surface area (TPSA) is 68.3 Å². The Morgan fingerprint density at radius 1 is 1.47 bits per heavy atom. The monoisotopic (exact) mass is 298 g/mol. The fraction of sp³-hybridized carbons (Fsp3) is 0.273. The molecule has 17 heavy (non-hydrogen) atoms. The second-order valence-corrected chi connectivity index (χ2v) is 4.61. The van der Waals surface area contributed by atoms with Crippen molar-refractivity contribution in [2.45, 2.75) is 19.8 Å². The molecule has 0 saturated heterocycles. The van der Waals surface area contributed by atoms with E-state index in [0.717, 1.165) is 5.69 Å². The van der Waals surface area contributed by atoms with Gasteiger partial charge >= 0.3 is 0 Å². The number of amides is 1. The van der Waals surface area contributed by atoms with Crippen LogP contribution in [-0.2, 0) is 0 Å². The van der Waals surface area contributed by atoms with E-state index < -0.39 is 0 Å². The first-order valence-corrected chi connectivity index (χ1v) is 5.89. The van der Waals surface area contributed by atoms with Gasteiger partial charge in [0.25, 0.3) is 5.91 Å². The minimum absolute atomic E-state index is 0.208. The average molecular weight is 299 g/mol. The molecule has 0 radical (unpaired) electrons. The molecule has 0 fully saturated rings. The number of nitrogens with zero attached hydrogens (tertiary/aromatic N) is 1. The molecular formula is C11H11BrN2O3. The van der Waals surface area contributed by atoms with Crippen molar-refractivity contribution in [2.75, 3.05) is 5.32 Å². The number of aromatic nitrogens is 1. The number of carbonyl (C=O) groups excluding carboxylic acids is 1. The standard InChI is InChI=1S/C11H11BrN2O3/c1-6(2)7-5-10(17-14-7)13-11(15)8-3-4-9(12)16-8/h3-6H,1-2H3,(H,13,15). The Labute approximate surface area is 106 Å². The van der Waals surface area contributed by atoms with Gasteiger partial charge in [0.15, 0.2) is 10.4 Å². The summed E-state index contributed by atoms with van der Waals surface area (Å²) in [5.41, 5.74) is 0.793. The molecule has 0 aliphatic heterocycles. The summed E-state index contributed by atoms with van der Waals surface area (Å²) < 4.78 is 10.6. The van der Waals surface area contributed by atoms with E-state index in [1.807, 2.05) is 13.8 Å². The van der Waals surface area contributed by atoms with Gasteiger partial charge in [0, 0.05) is 6.07 Å². The van der Waals surface area contributed by atoms with E-state index in [4.69, 9.17) is 8.94 Å². The smallest absolute Gasteiger partial charge is 0.293 e. The minimum atomic E-state index is -0.373. The molecule has 0 aliphatic rings. The highest BCUT2D eigenvalue weighted by Crippen LogP contribution is 2.19. The van der Waals surface area contributed by atoms with Crippen molar-refractivity contribution in [3.05, 3.63) is 34.3 Å². The number of nitrogens with one attached hydrogen (secondary N) is 1. The summed E-state index contributed by atoms with van der Waals surface area (Å²) in [5.74, 6) is 0.398. The number of furan rings is 1. The molecule has 90 valence electrons. The number of anilines is 1. The van der Waals surface area contributed by atoms with Crippen LogP contribution in [0.3, 0.4) is 0 Å². The molecular weight excluding hydrogens is 288 g/mol. The van der Waals surface area contributed by atoms with Crippen LogP contribution in [0.25, 0.3) is 0 Å². The Morgan fingerprint density at radius 2 is 2.24 bits per heavy atom. The number of rotatable bonds is 3. The lowest BCUT2D eigenvalue weighted by Gasteiger charge is -1.96. The number of carbonyl (C=O) groups is 1. The predicted octanol–water partition coefficient (Wildman–Crippen LogP) is 3.41. The van der Waals surface area contributed by atoms with Gasteiger partial charge in [-0.25, -0.2) is 0 Å². The van der Waals surface area contributed by atoms with Crippen molar-refractivity contribution in [2.24, 2.45) is 0 Å². The highest BCUT2D eigenvalue weighted by Gasteiger charge is 2.14. The molecule has 0 aromatic carbocycles. The zero-order valence-electron chi connectivity index (χ0n) is 9.36. The number of hydrogen-bond acceptors (Lipinski definition) is 4. The molecule has 0 aliphatic carbocycles. The number of halogens is 1. The van der Waals surface area contributed by atoms with E-state index in [-0.39, 0.29) is 17.6 Å². The van der Waals surface area contributed by atoms with Gasteiger partial charge in [-0.05, 0) is 34.0 Å². The maximum atomic E-state index is 11.7.